The molecule has 3 atom stereocenters. The number of anilines is 2. The molecule has 1 saturated heterocycles. The maximum absolute atomic E-state index is 13.3. The van der Waals surface area contributed by atoms with E-state index in [1.165, 1.54) is 6.20 Å². The molecule has 3 N–H and O–H groups in total. The molecule has 0 spiro atoms. The van der Waals surface area contributed by atoms with Gasteiger partial charge in [-0.25, -0.2) is 9.97 Å². The third-order valence-corrected chi connectivity index (χ3v) is 8.53. The van der Waals surface area contributed by atoms with Crippen LogP contribution >= 0.6 is 0 Å². The van der Waals surface area contributed by atoms with Crippen LogP contribution in [0.4, 0.5) is 24.8 Å². The van der Waals surface area contributed by atoms with Crippen molar-refractivity contribution in [3.63, 3.8) is 0 Å². The van der Waals surface area contributed by atoms with E-state index in [2.05, 4.69) is 25.5 Å². The zero-order valence-electron chi connectivity index (χ0n) is 20.0. The Morgan fingerprint density at radius 3 is 2.64 bits per heavy atom. The van der Waals surface area contributed by atoms with Gasteiger partial charge in [0.25, 0.3) is 5.91 Å². The number of aromatic nitrogens is 4. The van der Waals surface area contributed by atoms with Crippen LogP contribution in [0.15, 0.2) is 18.5 Å². The number of aromatic amines is 1. The van der Waals surface area contributed by atoms with Gasteiger partial charge in [0.05, 0.1) is 11.3 Å². The summed E-state index contributed by atoms with van der Waals surface area (Å²) in [5.74, 6) is 1.29. The second-order valence-electron chi connectivity index (χ2n) is 11.0. The van der Waals surface area contributed by atoms with Gasteiger partial charge >= 0.3 is 6.18 Å². The van der Waals surface area contributed by atoms with Crippen LogP contribution in [0.5, 0.6) is 0 Å². The van der Waals surface area contributed by atoms with Crippen molar-refractivity contribution < 1.29 is 23.1 Å². The van der Waals surface area contributed by atoms with Gasteiger partial charge in [0, 0.05) is 44.1 Å². The maximum atomic E-state index is 13.3. The minimum Gasteiger partial charge on any atom is -0.390 e. The summed E-state index contributed by atoms with van der Waals surface area (Å²) in [7, 11) is 0. The van der Waals surface area contributed by atoms with Crippen molar-refractivity contribution in [1.82, 2.24) is 25.5 Å². The van der Waals surface area contributed by atoms with Crippen molar-refractivity contribution in [2.24, 2.45) is 17.8 Å². The van der Waals surface area contributed by atoms with Gasteiger partial charge in [-0.1, -0.05) is 0 Å². The van der Waals surface area contributed by atoms with E-state index in [0.29, 0.717) is 43.3 Å². The summed E-state index contributed by atoms with van der Waals surface area (Å²) in [6.45, 7) is 2.97. The summed E-state index contributed by atoms with van der Waals surface area (Å²) in [6, 6.07) is 1.45. The highest BCUT2D eigenvalue weighted by Gasteiger charge is 2.55. The first-order valence-corrected chi connectivity index (χ1v) is 12.6. The summed E-state index contributed by atoms with van der Waals surface area (Å²) in [4.78, 5) is 25.6. The zero-order chi connectivity index (χ0) is 25.2. The Morgan fingerprint density at radius 2 is 1.97 bits per heavy atom. The standard InChI is InChI=1S/C24H30F3N7O2/c1-13-12-33(18-11-29-32-20(18)24(25,26)27)4-5-34(13)22-28-3-2-17(30-22)21(35)31-19-15-6-14-7-16(19)10-23(36,8-14)9-15/h2-3,11,13-16,19,36H,4-10,12H2,1H3,(H,29,32)(H,31,35). The highest BCUT2D eigenvalue weighted by molar-refractivity contribution is 5.92. The predicted octanol–water partition coefficient (Wildman–Crippen LogP) is 2.60. The van der Waals surface area contributed by atoms with Gasteiger partial charge in [0.2, 0.25) is 5.95 Å². The topological polar surface area (TPSA) is 110 Å². The number of rotatable bonds is 4. The largest absolute Gasteiger partial charge is 0.437 e. The number of halogens is 3. The highest BCUT2D eigenvalue weighted by atomic mass is 19.4. The molecule has 4 aliphatic carbocycles. The first-order chi connectivity index (χ1) is 17.1. The van der Waals surface area contributed by atoms with Crippen LogP contribution < -0.4 is 15.1 Å². The molecular formula is C24H30F3N7O2. The van der Waals surface area contributed by atoms with Crippen molar-refractivity contribution in [3.8, 4) is 0 Å². The van der Waals surface area contributed by atoms with E-state index in [4.69, 9.17) is 0 Å². The molecule has 4 bridgehead atoms. The molecule has 5 fully saturated rings. The first-order valence-electron chi connectivity index (χ1n) is 12.6. The molecule has 36 heavy (non-hydrogen) atoms. The minimum absolute atomic E-state index is 0.0309. The molecule has 4 saturated carbocycles. The fraction of sp³-hybridized carbons (Fsp3) is 0.667. The van der Waals surface area contributed by atoms with Crippen LogP contribution in [0.1, 0.15) is 55.2 Å². The van der Waals surface area contributed by atoms with E-state index >= 15 is 0 Å². The molecule has 2 aromatic rings. The number of alkyl halides is 3. The number of carbonyl (C=O) groups is 1. The molecule has 9 nitrogen and oxygen atoms in total. The smallest absolute Gasteiger partial charge is 0.390 e. The number of H-pyrrole nitrogens is 1. The lowest BCUT2D eigenvalue weighted by atomic mass is 9.52. The number of carbonyl (C=O) groups excluding carboxylic acids is 1. The number of nitrogens with one attached hydrogen (secondary N) is 2. The first kappa shape index (κ1) is 23.5. The van der Waals surface area contributed by atoms with Crippen molar-refractivity contribution in [3.05, 3.63) is 29.8 Å². The molecule has 3 heterocycles. The van der Waals surface area contributed by atoms with Gasteiger partial charge < -0.3 is 20.2 Å². The molecule has 0 radical (unpaired) electrons. The van der Waals surface area contributed by atoms with E-state index in [1.54, 1.807) is 17.2 Å². The number of amides is 1. The van der Waals surface area contributed by atoms with Gasteiger partial charge in [-0.15, -0.1) is 0 Å². The second-order valence-corrected chi connectivity index (χ2v) is 11.0. The van der Waals surface area contributed by atoms with E-state index < -0.39 is 17.5 Å². The summed E-state index contributed by atoms with van der Waals surface area (Å²) >= 11 is 0. The molecule has 5 aliphatic rings. The number of hydrogen-bond donors (Lipinski definition) is 3. The number of piperazine rings is 1. The highest BCUT2D eigenvalue weighted by Crippen LogP contribution is 2.55. The summed E-state index contributed by atoms with van der Waals surface area (Å²) in [5.41, 5.74) is -1.18. The fourth-order valence-electron chi connectivity index (χ4n) is 7.26. The van der Waals surface area contributed by atoms with Crippen molar-refractivity contribution in [2.75, 3.05) is 29.4 Å². The Hall–Kier alpha value is -2.89. The Balaban J connectivity index is 1.13. The van der Waals surface area contributed by atoms with Crippen molar-refractivity contribution in [1.29, 1.82) is 0 Å². The van der Waals surface area contributed by atoms with Gasteiger partial charge in [0.1, 0.15) is 5.69 Å². The Kier molecular flexibility index (Phi) is 5.43. The molecular weight excluding hydrogens is 475 g/mol. The number of hydrogen-bond acceptors (Lipinski definition) is 7. The summed E-state index contributed by atoms with van der Waals surface area (Å²) < 4.78 is 39.9. The predicted molar refractivity (Wildman–Crippen MR) is 124 cm³/mol. The minimum atomic E-state index is -4.53. The van der Waals surface area contributed by atoms with Gasteiger partial charge in [-0.3, -0.25) is 9.89 Å². The maximum Gasteiger partial charge on any atom is 0.437 e. The SMILES string of the molecule is CC1CN(c2c[nH]nc2C(F)(F)F)CCN1c1nccc(C(=O)NC2C3CC4CC2CC(O)(C4)C3)n1. The van der Waals surface area contributed by atoms with Gasteiger partial charge in [0.15, 0.2) is 5.69 Å². The zero-order valence-corrected chi connectivity index (χ0v) is 20.0. The Morgan fingerprint density at radius 1 is 1.22 bits per heavy atom. The van der Waals surface area contributed by atoms with Gasteiger partial charge in [-0.05, 0) is 62.8 Å². The molecule has 194 valence electrons. The fourth-order valence-corrected chi connectivity index (χ4v) is 7.26. The average molecular weight is 506 g/mol. The molecule has 1 aliphatic heterocycles. The van der Waals surface area contributed by atoms with E-state index in [1.807, 2.05) is 11.8 Å². The Labute approximate surface area is 206 Å². The van der Waals surface area contributed by atoms with Crippen LogP contribution in [-0.2, 0) is 6.18 Å². The molecule has 2 aromatic heterocycles. The van der Waals surface area contributed by atoms with E-state index in [0.717, 1.165) is 32.1 Å². The lowest BCUT2D eigenvalue weighted by Gasteiger charge is -2.58. The van der Waals surface area contributed by atoms with E-state index in [-0.39, 0.29) is 29.4 Å². The van der Waals surface area contributed by atoms with Crippen molar-refractivity contribution >= 4 is 17.5 Å². The van der Waals surface area contributed by atoms with E-state index in [9.17, 15) is 23.1 Å². The molecule has 7 rings (SSSR count). The molecule has 12 heteroatoms. The third-order valence-electron chi connectivity index (χ3n) is 8.53. The van der Waals surface area contributed by atoms with Crippen LogP contribution in [0.2, 0.25) is 0 Å². The average Bonchev–Trinajstić information content (AvgIpc) is 3.31. The summed E-state index contributed by atoms with van der Waals surface area (Å²) in [6.07, 6.45) is 2.77. The normalized spacial score (nSPS) is 33.8. The molecule has 3 unspecified atom stereocenters. The summed E-state index contributed by atoms with van der Waals surface area (Å²) in [5, 5.41) is 19.7. The van der Waals surface area contributed by atoms with Crippen LogP contribution in [0, 0.1) is 17.8 Å². The lowest BCUT2D eigenvalue weighted by Crippen LogP contribution is -2.61. The van der Waals surface area contributed by atoms with Crippen LogP contribution in [0.3, 0.4) is 0 Å². The monoisotopic (exact) mass is 505 g/mol. The Bertz CT molecular complexity index is 1140. The quantitative estimate of drug-likeness (QED) is 0.586. The van der Waals surface area contributed by atoms with Crippen LogP contribution in [-0.4, -0.2) is 68.5 Å². The van der Waals surface area contributed by atoms with Crippen molar-refractivity contribution in [2.45, 2.75) is 62.9 Å². The molecule has 0 aromatic carbocycles. The number of nitrogens with zero attached hydrogens (tertiary/aromatic N) is 5. The third kappa shape index (κ3) is 4.08. The number of aliphatic hydroxyl groups is 1. The van der Waals surface area contributed by atoms with Gasteiger partial charge in [-0.2, -0.15) is 18.3 Å². The second kappa shape index (κ2) is 8.32. The lowest BCUT2D eigenvalue weighted by molar-refractivity contribution is -0.140. The van der Waals surface area contributed by atoms with Crippen LogP contribution in [0.25, 0.3) is 0 Å². The molecule has 1 amide bonds.